The Bertz CT molecular complexity index is 1130. The van der Waals surface area contributed by atoms with Gasteiger partial charge in [0.05, 0.1) is 17.1 Å². The van der Waals surface area contributed by atoms with Gasteiger partial charge in [-0.25, -0.2) is 0 Å². The first-order valence-corrected chi connectivity index (χ1v) is 9.35. The number of aromatic amines is 1. The molecule has 0 atom stereocenters. The molecule has 0 unspecified atom stereocenters. The Balaban J connectivity index is 1.64. The molecule has 0 aliphatic heterocycles. The van der Waals surface area contributed by atoms with Gasteiger partial charge in [0.1, 0.15) is 0 Å². The van der Waals surface area contributed by atoms with Crippen LogP contribution in [0.3, 0.4) is 0 Å². The fraction of sp³-hybridized carbons (Fsp3) is 0.0526. The molecule has 0 saturated carbocycles. The van der Waals surface area contributed by atoms with E-state index in [-0.39, 0.29) is 0 Å². The largest absolute Gasteiger partial charge is 0.276 e. The van der Waals surface area contributed by atoms with Gasteiger partial charge >= 0.3 is 0 Å². The van der Waals surface area contributed by atoms with E-state index >= 15 is 0 Å². The summed E-state index contributed by atoms with van der Waals surface area (Å²) < 4.78 is 2.68. The Labute approximate surface area is 146 Å². The van der Waals surface area contributed by atoms with Crippen molar-refractivity contribution in [2.45, 2.75) is 6.92 Å². The topological polar surface area (TPSA) is 41.6 Å². The van der Waals surface area contributed by atoms with Crippen LogP contribution in [0.15, 0.2) is 54.0 Å². The van der Waals surface area contributed by atoms with Gasteiger partial charge in [0.2, 0.25) is 0 Å². The van der Waals surface area contributed by atoms with Crippen LogP contribution in [0.25, 0.3) is 42.0 Å². The van der Waals surface area contributed by atoms with Crippen molar-refractivity contribution in [2.75, 3.05) is 0 Å². The van der Waals surface area contributed by atoms with Crippen LogP contribution in [0, 0.1) is 6.92 Å². The van der Waals surface area contributed by atoms with Crippen molar-refractivity contribution in [2.24, 2.45) is 0 Å². The SMILES string of the molecule is Cc1cc(-c2cc(-c3cc4cc5ccsc5cc4s3)ccn2)[nH]n1. The monoisotopic (exact) mass is 347 g/mol. The van der Waals surface area contributed by atoms with Gasteiger partial charge in [-0.3, -0.25) is 10.1 Å². The number of H-pyrrole nitrogens is 1. The summed E-state index contributed by atoms with van der Waals surface area (Å²) >= 11 is 3.63. The van der Waals surface area contributed by atoms with E-state index in [4.69, 9.17) is 0 Å². The fourth-order valence-corrected chi connectivity index (χ4v) is 4.89. The number of aryl methyl sites for hydroxylation is 1. The number of hydrogen-bond donors (Lipinski definition) is 1. The van der Waals surface area contributed by atoms with Gasteiger partial charge in [0.25, 0.3) is 0 Å². The van der Waals surface area contributed by atoms with E-state index in [1.165, 1.54) is 30.6 Å². The van der Waals surface area contributed by atoms with Crippen molar-refractivity contribution in [1.82, 2.24) is 15.2 Å². The summed E-state index contributed by atoms with van der Waals surface area (Å²) in [4.78, 5) is 5.74. The highest BCUT2D eigenvalue weighted by Gasteiger charge is 2.09. The molecule has 0 aliphatic rings. The van der Waals surface area contributed by atoms with Crippen LogP contribution in [0.1, 0.15) is 5.69 Å². The highest BCUT2D eigenvalue weighted by Crippen LogP contribution is 2.37. The average Bonchev–Trinajstić information content (AvgIpc) is 3.31. The lowest BCUT2D eigenvalue weighted by molar-refractivity contribution is 1.05. The lowest BCUT2D eigenvalue weighted by Crippen LogP contribution is -1.84. The minimum atomic E-state index is 0.923. The molecular formula is C19H13N3S2. The van der Waals surface area contributed by atoms with Crippen LogP contribution in [0.2, 0.25) is 0 Å². The second-order valence-electron chi connectivity index (χ2n) is 5.81. The highest BCUT2D eigenvalue weighted by molar-refractivity contribution is 7.23. The van der Waals surface area contributed by atoms with Crippen molar-refractivity contribution < 1.29 is 0 Å². The molecule has 0 spiro atoms. The maximum Gasteiger partial charge on any atom is 0.0886 e. The van der Waals surface area contributed by atoms with Crippen molar-refractivity contribution in [3.05, 3.63) is 59.7 Å². The third kappa shape index (κ3) is 2.25. The average molecular weight is 347 g/mol. The molecule has 5 heteroatoms. The molecule has 0 bridgehead atoms. The minimum absolute atomic E-state index is 0.923. The molecular weight excluding hydrogens is 334 g/mol. The summed E-state index contributed by atoms with van der Waals surface area (Å²) in [5.41, 5.74) is 4.04. The molecule has 4 heterocycles. The Morgan fingerprint density at radius 3 is 2.79 bits per heavy atom. The Morgan fingerprint density at radius 2 is 1.92 bits per heavy atom. The number of rotatable bonds is 2. The van der Waals surface area contributed by atoms with Gasteiger partial charge in [0.15, 0.2) is 0 Å². The summed E-state index contributed by atoms with van der Waals surface area (Å²) in [5.74, 6) is 0. The number of nitrogens with zero attached hydrogens (tertiary/aromatic N) is 2. The minimum Gasteiger partial charge on any atom is -0.276 e. The van der Waals surface area contributed by atoms with Crippen LogP contribution in [0.4, 0.5) is 0 Å². The first-order chi connectivity index (χ1) is 11.8. The van der Waals surface area contributed by atoms with E-state index in [0.717, 1.165) is 17.1 Å². The van der Waals surface area contributed by atoms with Gasteiger partial charge < -0.3 is 0 Å². The summed E-state index contributed by atoms with van der Waals surface area (Å²) in [5, 5.41) is 12.0. The van der Waals surface area contributed by atoms with Crippen LogP contribution >= 0.6 is 22.7 Å². The van der Waals surface area contributed by atoms with Gasteiger partial charge in [-0.05, 0) is 71.1 Å². The van der Waals surface area contributed by atoms with Gasteiger partial charge in [-0.15, -0.1) is 22.7 Å². The number of thiophene rings is 2. The molecule has 3 nitrogen and oxygen atoms in total. The maximum atomic E-state index is 4.47. The molecule has 0 amide bonds. The first kappa shape index (κ1) is 13.9. The summed E-state index contributed by atoms with van der Waals surface area (Å²) in [6, 6.07) is 15.2. The standard InChI is InChI=1S/C19H13N3S2/c1-11-6-16(22-21-11)15-8-12(2-4-20-15)18-9-14-7-13-3-5-23-17(13)10-19(14)24-18/h2-10H,1H3,(H,21,22). The van der Waals surface area contributed by atoms with Gasteiger partial charge in [-0.2, -0.15) is 5.10 Å². The van der Waals surface area contributed by atoms with Crippen molar-refractivity contribution in [3.8, 4) is 21.8 Å². The quantitative estimate of drug-likeness (QED) is 0.433. The zero-order valence-electron chi connectivity index (χ0n) is 12.9. The molecule has 4 aromatic heterocycles. The molecule has 1 N–H and O–H groups in total. The molecule has 0 saturated heterocycles. The normalized spacial score (nSPS) is 11.5. The Kier molecular flexibility index (Phi) is 3.04. The molecule has 116 valence electrons. The number of pyridine rings is 1. The van der Waals surface area contributed by atoms with Crippen molar-refractivity contribution in [3.63, 3.8) is 0 Å². The third-order valence-corrected chi connectivity index (χ3v) is 6.14. The number of nitrogens with one attached hydrogen (secondary N) is 1. The number of hydrogen-bond acceptors (Lipinski definition) is 4. The number of benzene rings is 1. The number of fused-ring (bicyclic) bond motifs is 2. The summed E-state index contributed by atoms with van der Waals surface area (Å²) in [6.07, 6.45) is 1.86. The summed E-state index contributed by atoms with van der Waals surface area (Å²) in [6.45, 7) is 1.97. The Hall–Kier alpha value is -2.50. The highest BCUT2D eigenvalue weighted by atomic mass is 32.1. The van der Waals surface area contributed by atoms with Crippen LogP contribution in [0.5, 0.6) is 0 Å². The smallest absolute Gasteiger partial charge is 0.0886 e. The second-order valence-corrected chi connectivity index (χ2v) is 7.84. The van der Waals surface area contributed by atoms with E-state index in [2.05, 4.69) is 57.0 Å². The fourth-order valence-electron chi connectivity index (χ4n) is 2.93. The van der Waals surface area contributed by atoms with Gasteiger partial charge in [-0.1, -0.05) is 0 Å². The van der Waals surface area contributed by atoms with E-state index in [9.17, 15) is 0 Å². The van der Waals surface area contributed by atoms with E-state index in [0.29, 0.717) is 0 Å². The first-order valence-electron chi connectivity index (χ1n) is 7.66. The third-order valence-electron chi connectivity index (χ3n) is 4.12. The number of aromatic nitrogens is 3. The molecule has 0 aliphatic carbocycles. The van der Waals surface area contributed by atoms with Crippen LogP contribution in [-0.4, -0.2) is 15.2 Å². The lowest BCUT2D eigenvalue weighted by Gasteiger charge is -2.00. The maximum absolute atomic E-state index is 4.47. The summed E-state index contributed by atoms with van der Waals surface area (Å²) in [7, 11) is 0. The van der Waals surface area contributed by atoms with Crippen molar-refractivity contribution in [1.29, 1.82) is 0 Å². The molecule has 5 rings (SSSR count). The Morgan fingerprint density at radius 1 is 0.958 bits per heavy atom. The van der Waals surface area contributed by atoms with Crippen molar-refractivity contribution >= 4 is 42.8 Å². The van der Waals surface area contributed by atoms with Gasteiger partial charge in [0, 0.05) is 20.5 Å². The predicted molar refractivity (Wildman–Crippen MR) is 103 cm³/mol. The predicted octanol–water partition coefficient (Wildman–Crippen LogP) is 5.88. The van der Waals surface area contributed by atoms with Crippen LogP contribution < -0.4 is 0 Å². The van der Waals surface area contributed by atoms with E-state index in [1.54, 1.807) is 11.3 Å². The molecule has 1 aromatic carbocycles. The zero-order chi connectivity index (χ0) is 16.1. The van der Waals surface area contributed by atoms with E-state index in [1.807, 2.05) is 30.5 Å². The second kappa shape index (κ2) is 5.26. The zero-order valence-corrected chi connectivity index (χ0v) is 14.5. The molecule has 0 radical (unpaired) electrons. The molecule has 0 fully saturated rings. The van der Waals surface area contributed by atoms with E-state index < -0.39 is 0 Å². The van der Waals surface area contributed by atoms with Crippen LogP contribution in [-0.2, 0) is 0 Å². The molecule has 24 heavy (non-hydrogen) atoms. The molecule has 5 aromatic rings. The lowest BCUT2D eigenvalue weighted by atomic mass is 10.1.